The van der Waals surface area contributed by atoms with Crippen LogP contribution in [-0.4, -0.2) is 68.7 Å². The normalized spacial score (nSPS) is 13.4. The van der Waals surface area contributed by atoms with Crippen LogP contribution in [0.4, 0.5) is 0 Å². The third kappa shape index (κ3) is 60.5. The van der Waals surface area contributed by atoms with Gasteiger partial charge in [0.25, 0.3) is 0 Å². The predicted octanol–water partition coefficient (Wildman–Crippen LogP) is 5.38. The van der Waals surface area contributed by atoms with Gasteiger partial charge in [0.1, 0.15) is 22.4 Å². The van der Waals surface area contributed by atoms with Crippen LogP contribution < -0.4 is 20.4 Å². The Bertz CT molecular complexity index is 1240. The molecule has 0 amide bonds. The smallest absolute Gasteiger partial charge is 0.607 e. The molecule has 0 radical (unpaired) electrons. The molecule has 17 heteroatoms. The summed E-state index contributed by atoms with van der Waals surface area (Å²) in [4.78, 5) is 44.7. The molecule has 0 fully saturated rings. The molecule has 61 heavy (non-hydrogen) atoms. The van der Waals surface area contributed by atoms with Gasteiger partial charge >= 0.3 is 49.7 Å². The quantitative estimate of drug-likeness (QED) is 0.0976. The number of carbonyl (C=O) groups is 4. The van der Waals surface area contributed by atoms with Gasteiger partial charge in [0, 0.05) is 46.7 Å². The van der Waals surface area contributed by atoms with Gasteiger partial charge in [0.05, 0.1) is 23.8 Å². The van der Waals surface area contributed by atoms with E-state index in [4.69, 9.17) is 37.9 Å². The van der Waals surface area contributed by atoms with Gasteiger partial charge < -0.3 is 58.3 Å². The minimum atomic E-state index is -0.684. The first kappa shape index (κ1) is 66.2. The van der Waals surface area contributed by atoms with Crippen molar-refractivity contribution in [1.82, 2.24) is 0 Å². The predicted molar refractivity (Wildman–Crippen MR) is 219 cm³/mol. The Morgan fingerprint density at radius 3 is 0.443 bits per heavy atom. The molecule has 0 aliphatic rings. The van der Waals surface area contributed by atoms with Crippen LogP contribution >= 0.6 is 0 Å². The van der Waals surface area contributed by atoms with Crippen molar-refractivity contribution >= 4 is 23.9 Å². The zero-order valence-corrected chi connectivity index (χ0v) is 44.9. The topological polar surface area (TPSA) is 234 Å². The number of hydrogen-bond donors (Lipinski definition) is 0. The number of esters is 4. The van der Waals surface area contributed by atoms with Crippen LogP contribution in [0.15, 0.2) is 48.1 Å². The minimum Gasteiger partial charge on any atom is -0.607 e. The Balaban J connectivity index is -0.000000227. The molecule has 0 N–H and O–H groups in total. The van der Waals surface area contributed by atoms with Gasteiger partial charge in [-0.25, -0.2) is 19.2 Å². The zero-order valence-electron chi connectivity index (χ0n) is 41.3. The Hall–Kier alpha value is -3.89. The average Bonchev–Trinajstić information content (AvgIpc) is 2.79. The second-order valence-electron chi connectivity index (χ2n) is 20.8. The molecule has 0 unspecified atom stereocenters. The summed E-state index contributed by atoms with van der Waals surface area (Å²) in [5.41, 5.74) is -4.81. The van der Waals surface area contributed by atoms with E-state index in [1.54, 1.807) is 166 Å². The molecule has 352 valence electrons. The summed E-state index contributed by atoms with van der Waals surface area (Å²) in [5, 5.41) is 44.7. The summed E-state index contributed by atoms with van der Waals surface area (Å²) in [7, 11) is 0. The molecule has 0 aliphatic carbocycles. The van der Waals surface area contributed by atoms with Gasteiger partial charge in [-0.2, -0.15) is 0 Å². The number of carbonyl (C=O) groups excluding carboxylic acids is 4. The molecular weight excluding hydrogens is 963 g/mol. The van der Waals surface area contributed by atoms with Crippen LogP contribution in [0.3, 0.4) is 0 Å². The largest absolute Gasteiger partial charge is 4.00 e. The fourth-order valence-electron chi connectivity index (χ4n) is 3.03. The fourth-order valence-corrected chi connectivity index (χ4v) is 3.03. The van der Waals surface area contributed by atoms with E-state index >= 15 is 0 Å². The van der Waals surface area contributed by atoms with Crippen molar-refractivity contribution in [3.63, 3.8) is 0 Å². The van der Waals surface area contributed by atoms with E-state index in [9.17, 15) is 39.6 Å². The van der Waals surface area contributed by atoms with E-state index in [0.717, 1.165) is 24.3 Å². The van der Waals surface area contributed by atoms with Crippen molar-refractivity contribution in [2.24, 2.45) is 0 Å². The fraction of sp³-hybridized carbons (Fsp3) is 0.727. The molecule has 0 aliphatic heterocycles. The molecule has 0 aromatic rings. The Morgan fingerprint density at radius 1 is 0.262 bits per heavy atom. The van der Waals surface area contributed by atoms with Gasteiger partial charge in [-0.15, -0.1) is 0 Å². The van der Waals surface area contributed by atoms with Gasteiger partial charge in [0.2, 0.25) is 0 Å². The van der Waals surface area contributed by atoms with Crippen molar-refractivity contribution in [1.29, 1.82) is 0 Å². The minimum absolute atomic E-state index is 0. The third-order valence-corrected chi connectivity index (χ3v) is 4.20. The second kappa shape index (κ2) is 26.6. The van der Waals surface area contributed by atoms with E-state index in [2.05, 4.69) is 0 Å². The molecule has 0 heterocycles. The van der Waals surface area contributed by atoms with Crippen LogP contribution in [-0.2, 0) is 82.9 Å². The molecule has 0 saturated carbocycles. The van der Waals surface area contributed by atoms with Crippen LogP contribution in [0.25, 0.3) is 0 Å². The molecule has 0 aromatic heterocycles. The van der Waals surface area contributed by atoms with E-state index in [0.29, 0.717) is 0 Å². The maximum absolute atomic E-state index is 11.2. The second-order valence-corrected chi connectivity index (χ2v) is 20.8. The molecular formula is C44H76HfO16. The van der Waals surface area contributed by atoms with Crippen molar-refractivity contribution in [2.75, 3.05) is 0 Å². The SMILES string of the molecule is CC(C)(C)OC(=O)/C=C(\[O-])OC(C)(C)C.CC(C)(C)OC(=O)/C=C(\[O-])OC(C)(C)C.CC(C)(C)OC(=O)/C=C(\[O-])OC(C)(C)C.CC(C)(C)OC(=O)/C=C(\[O-])OC(C)(C)C.[Hf+4]. The summed E-state index contributed by atoms with van der Waals surface area (Å²) >= 11 is 0. The van der Waals surface area contributed by atoms with Crippen LogP contribution in [0.2, 0.25) is 0 Å². The average molecular weight is 1040 g/mol. The van der Waals surface area contributed by atoms with Crippen LogP contribution in [0, 0.1) is 0 Å². The summed E-state index contributed by atoms with van der Waals surface area (Å²) in [6.45, 7) is 41.5. The van der Waals surface area contributed by atoms with Gasteiger partial charge in [-0.1, -0.05) is 83.1 Å². The summed E-state index contributed by atoms with van der Waals surface area (Å²) in [6, 6.07) is 0. The van der Waals surface area contributed by atoms with Crippen molar-refractivity contribution < 1.29 is 103 Å². The molecule has 0 rings (SSSR count). The Morgan fingerprint density at radius 2 is 0.361 bits per heavy atom. The van der Waals surface area contributed by atoms with E-state index < -0.39 is 92.5 Å². The first-order valence-corrected chi connectivity index (χ1v) is 19.2. The summed E-state index contributed by atoms with van der Waals surface area (Å²) in [6.07, 6.45) is 3.26. The molecule has 0 bridgehead atoms. The monoisotopic (exact) mass is 1040 g/mol. The van der Waals surface area contributed by atoms with Crippen molar-refractivity contribution in [3.8, 4) is 0 Å². The zero-order chi connectivity index (χ0) is 49.1. The molecule has 0 aromatic carbocycles. The molecule has 0 atom stereocenters. The van der Waals surface area contributed by atoms with E-state index in [1.807, 2.05) is 0 Å². The van der Waals surface area contributed by atoms with E-state index in [1.165, 1.54) is 0 Å². The van der Waals surface area contributed by atoms with E-state index in [-0.39, 0.29) is 25.8 Å². The van der Waals surface area contributed by atoms with Crippen molar-refractivity contribution in [2.45, 2.75) is 211 Å². The van der Waals surface area contributed by atoms with Gasteiger partial charge in [0.15, 0.2) is 0 Å². The van der Waals surface area contributed by atoms with Gasteiger partial charge in [-0.05, 0) is 83.1 Å². The molecule has 16 nitrogen and oxygen atoms in total. The van der Waals surface area contributed by atoms with Gasteiger partial charge in [-0.3, -0.25) is 0 Å². The number of rotatable bonds is 8. The summed E-state index contributed by atoms with van der Waals surface area (Å²) < 4.78 is 39.4. The Kier molecular flexibility index (Phi) is 28.8. The standard InChI is InChI=1S/4C11H20O4.Hf/c4*1-10(2,3)14-8(12)7-9(13)15-11(4,5)6;/h4*7,12H,1-6H3;/q;;;;+4/p-4/b4*8-7+;. The first-order valence-electron chi connectivity index (χ1n) is 19.2. The Labute approximate surface area is 384 Å². The van der Waals surface area contributed by atoms with Crippen LogP contribution in [0.5, 0.6) is 0 Å². The van der Waals surface area contributed by atoms with Crippen LogP contribution in [0.1, 0.15) is 166 Å². The molecule has 0 spiro atoms. The molecule has 0 saturated heterocycles. The number of ether oxygens (including phenoxy) is 8. The third-order valence-electron chi connectivity index (χ3n) is 4.20. The van der Waals surface area contributed by atoms with Crippen molar-refractivity contribution in [3.05, 3.63) is 48.1 Å². The summed E-state index contributed by atoms with van der Waals surface area (Å²) in [5.74, 6) is -5.47. The maximum atomic E-state index is 11.2. The maximum Gasteiger partial charge on any atom is 4.00 e. The number of hydrogen-bond acceptors (Lipinski definition) is 16. The first-order chi connectivity index (χ1) is 26.0.